The fourth-order valence-corrected chi connectivity index (χ4v) is 3.20. The summed E-state index contributed by atoms with van der Waals surface area (Å²) >= 11 is 0. The molecule has 1 aromatic rings. The molecule has 0 bridgehead atoms. The van der Waals surface area contributed by atoms with E-state index in [9.17, 15) is 12.8 Å². The number of rotatable bonds is 6. The van der Waals surface area contributed by atoms with Crippen LogP contribution in [0.2, 0.25) is 0 Å². The van der Waals surface area contributed by atoms with Crippen molar-refractivity contribution in [3.63, 3.8) is 0 Å². The van der Waals surface area contributed by atoms with E-state index in [0.29, 0.717) is 6.42 Å². The SMILES string of the molecule is CCN(CCCO)S(=O)(=O)c1cc(N)c(C)c(F)c1. The molecule has 0 atom stereocenters. The van der Waals surface area contributed by atoms with Gasteiger partial charge in [0.05, 0.1) is 4.90 Å². The molecule has 0 aliphatic carbocycles. The van der Waals surface area contributed by atoms with Gasteiger partial charge in [-0.15, -0.1) is 0 Å². The van der Waals surface area contributed by atoms with E-state index in [1.165, 1.54) is 17.3 Å². The zero-order chi connectivity index (χ0) is 14.6. The molecule has 1 rings (SSSR count). The number of nitrogens with zero attached hydrogens (tertiary/aromatic N) is 1. The van der Waals surface area contributed by atoms with Crippen molar-refractivity contribution < 1.29 is 17.9 Å². The average molecular weight is 290 g/mol. The zero-order valence-corrected chi connectivity index (χ0v) is 11.9. The first-order valence-electron chi connectivity index (χ1n) is 6.01. The third-order valence-electron chi connectivity index (χ3n) is 2.91. The van der Waals surface area contributed by atoms with Crippen molar-refractivity contribution in [3.8, 4) is 0 Å². The van der Waals surface area contributed by atoms with Gasteiger partial charge in [0, 0.05) is 30.9 Å². The maximum absolute atomic E-state index is 13.6. The Bertz CT molecular complexity index is 523. The van der Waals surface area contributed by atoms with Crippen LogP contribution >= 0.6 is 0 Å². The molecule has 0 aliphatic rings. The zero-order valence-electron chi connectivity index (χ0n) is 11.1. The Morgan fingerprint density at radius 3 is 2.53 bits per heavy atom. The van der Waals surface area contributed by atoms with Crippen molar-refractivity contribution in [1.82, 2.24) is 4.31 Å². The molecule has 0 spiro atoms. The Kier molecular flexibility index (Phi) is 5.28. The second-order valence-electron chi connectivity index (χ2n) is 4.19. The Balaban J connectivity index is 3.18. The number of anilines is 1. The number of sulfonamides is 1. The van der Waals surface area contributed by atoms with E-state index >= 15 is 0 Å². The van der Waals surface area contributed by atoms with Crippen LogP contribution in [0.15, 0.2) is 17.0 Å². The standard InChI is InChI=1S/C12H19FN2O3S/c1-3-15(5-4-6-16)19(17,18)10-7-11(13)9(2)12(14)8-10/h7-8,16H,3-6,14H2,1-2H3. The minimum atomic E-state index is -3.78. The van der Waals surface area contributed by atoms with Gasteiger partial charge in [0.25, 0.3) is 0 Å². The van der Waals surface area contributed by atoms with Crippen LogP contribution in [-0.4, -0.2) is 37.5 Å². The fraction of sp³-hybridized carbons (Fsp3) is 0.500. The lowest BCUT2D eigenvalue weighted by Gasteiger charge is -2.20. The number of nitrogens with two attached hydrogens (primary N) is 1. The molecule has 0 saturated carbocycles. The van der Waals surface area contributed by atoms with Crippen molar-refractivity contribution in [2.75, 3.05) is 25.4 Å². The van der Waals surface area contributed by atoms with Gasteiger partial charge in [-0.25, -0.2) is 12.8 Å². The molecule has 0 amide bonds. The lowest BCUT2D eigenvalue weighted by molar-refractivity contribution is 0.271. The molecule has 0 unspecified atom stereocenters. The summed E-state index contributed by atoms with van der Waals surface area (Å²) in [7, 11) is -3.78. The average Bonchev–Trinajstić information content (AvgIpc) is 2.36. The third-order valence-corrected chi connectivity index (χ3v) is 4.87. The molecule has 0 fully saturated rings. The van der Waals surface area contributed by atoms with Gasteiger partial charge >= 0.3 is 0 Å². The number of hydrogen-bond acceptors (Lipinski definition) is 4. The number of hydrogen-bond donors (Lipinski definition) is 2. The molecular weight excluding hydrogens is 271 g/mol. The van der Waals surface area contributed by atoms with E-state index in [2.05, 4.69) is 0 Å². The summed E-state index contributed by atoms with van der Waals surface area (Å²) in [6, 6.07) is 2.23. The Labute approximate surface area is 112 Å². The van der Waals surface area contributed by atoms with Gasteiger partial charge < -0.3 is 10.8 Å². The Hall–Kier alpha value is -1.18. The van der Waals surface area contributed by atoms with Gasteiger partial charge in [0.2, 0.25) is 10.0 Å². The first kappa shape index (κ1) is 15.9. The summed E-state index contributed by atoms with van der Waals surface area (Å²) < 4.78 is 39.4. The summed E-state index contributed by atoms with van der Waals surface area (Å²) in [4.78, 5) is -0.159. The molecule has 19 heavy (non-hydrogen) atoms. The summed E-state index contributed by atoms with van der Waals surface area (Å²) in [6.45, 7) is 3.51. The molecule has 0 heterocycles. The monoisotopic (exact) mass is 290 g/mol. The topological polar surface area (TPSA) is 83.6 Å². The normalized spacial score (nSPS) is 12.1. The maximum atomic E-state index is 13.6. The fourth-order valence-electron chi connectivity index (χ4n) is 1.67. The van der Waals surface area contributed by atoms with E-state index in [1.807, 2.05) is 0 Å². The van der Waals surface area contributed by atoms with Crippen LogP contribution in [0.1, 0.15) is 18.9 Å². The van der Waals surface area contributed by atoms with Gasteiger partial charge in [0.1, 0.15) is 5.82 Å². The number of aliphatic hydroxyl groups is 1. The van der Waals surface area contributed by atoms with E-state index in [1.54, 1.807) is 6.92 Å². The third kappa shape index (κ3) is 3.43. The lowest BCUT2D eigenvalue weighted by atomic mass is 10.2. The molecular formula is C12H19FN2O3S. The summed E-state index contributed by atoms with van der Waals surface area (Å²) in [5, 5.41) is 8.77. The highest BCUT2D eigenvalue weighted by atomic mass is 32.2. The molecule has 3 N–H and O–H groups in total. The molecule has 0 aliphatic heterocycles. The van der Waals surface area contributed by atoms with Gasteiger partial charge in [-0.2, -0.15) is 4.31 Å². The van der Waals surface area contributed by atoms with Crippen molar-refractivity contribution in [3.05, 3.63) is 23.5 Å². The van der Waals surface area contributed by atoms with Crippen LogP contribution in [0.25, 0.3) is 0 Å². The van der Waals surface area contributed by atoms with Gasteiger partial charge in [0.15, 0.2) is 0 Å². The van der Waals surface area contributed by atoms with Crippen LogP contribution in [0.3, 0.4) is 0 Å². The molecule has 108 valence electrons. The van der Waals surface area contributed by atoms with Gasteiger partial charge in [-0.1, -0.05) is 6.92 Å². The second kappa shape index (κ2) is 6.31. The smallest absolute Gasteiger partial charge is 0.243 e. The quantitative estimate of drug-likeness (QED) is 0.769. The second-order valence-corrected chi connectivity index (χ2v) is 6.13. The molecule has 0 saturated heterocycles. The summed E-state index contributed by atoms with van der Waals surface area (Å²) in [5.41, 5.74) is 5.94. The van der Waals surface area contributed by atoms with Crippen molar-refractivity contribution in [1.29, 1.82) is 0 Å². The first-order chi connectivity index (χ1) is 8.84. The molecule has 1 aromatic carbocycles. The van der Waals surface area contributed by atoms with E-state index in [0.717, 1.165) is 6.07 Å². The van der Waals surface area contributed by atoms with E-state index in [4.69, 9.17) is 10.8 Å². The van der Waals surface area contributed by atoms with Crippen molar-refractivity contribution in [2.45, 2.75) is 25.2 Å². The first-order valence-corrected chi connectivity index (χ1v) is 7.45. The largest absolute Gasteiger partial charge is 0.398 e. The van der Waals surface area contributed by atoms with Crippen LogP contribution in [-0.2, 0) is 10.0 Å². The van der Waals surface area contributed by atoms with Crippen molar-refractivity contribution >= 4 is 15.7 Å². The molecule has 7 heteroatoms. The number of benzene rings is 1. The summed E-state index contributed by atoms with van der Waals surface area (Å²) in [5.74, 6) is -0.642. The lowest BCUT2D eigenvalue weighted by Crippen LogP contribution is -2.32. The number of nitrogen functional groups attached to an aromatic ring is 1. The minimum Gasteiger partial charge on any atom is -0.398 e. The highest BCUT2D eigenvalue weighted by Gasteiger charge is 2.24. The van der Waals surface area contributed by atoms with Gasteiger partial charge in [-0.3, -0.25) is 0 Å². The van der Waals surface area contributed by atoms with Crippen LogP contribution in [0, 0.1) is 12.7 Å². The number of halogens is 1. The molecule has 0 aromatic heterocycles. The van der Waals surface area contributed by atoms with Crippen LogP contribution < -0.4 is 5.73 Å². The van der Waals surface area contributed by atoms with E-state index < -0.39 is 15.8 Å². The maximum Gasteiger partial charge on any atom is 0.243 e. The minimum absolute atomic E-state index is 0.101. The van der Waals surface area contributed by atoms with Gasteiger partial charge in [-0.05, 0) is 25.5 Å². The predicted octanol–water partition coefficient (Wildman–Crippen LogP) is 1.11. The van der Waals surface area contributed by atoms with E-state index in [-0.39, 0.29) is 35.8 Å². The molecule has 5 nitrogen and oxygen atoms in total. The number of aliphatic hydroxyl groups excluding tert-OH is 1. The van der Waals surface area contributed by atoms with Crippen molar-refractivity contribution in [2.24, 2.45) is 0 Å². The highest BCUT2D eigenvalue weighted by Crippen LogP contribution is 2.23. The van der Waals surface area contributed by atoms with Crippen LogP contribution in [0.5, 0.6) is 0 Å². The summed E-state index contributed by atoms with van der Waals surface area (Å²) in [6.07, 6.45) is 0.330. The highest BCUT2D eigenvalue weighted by molar-refractivity contribution is 7.89. The Morgan fingerprint density at radius 2 is 2.05 bits per heavy atom. The predicted molar refractivity (Wildman–Crippen MR) is 71.7 cm³/mol. The van der Waals surface area contributed by atoms with Crippen LogP contribution in [0.4, 0.5) is 10.1 Å². The molecule has 0 radical (unpaired) electrons. The Morgan fingerprint density at radius 1 is 1.42 bits per heavy atom.